The van der Waals surface area contributed by atoms with Gasteiger partial charge in [-0.3, -0.25) is 9.59 Å². The third-order valence-corrected chi connectivity index (χ3v) is 7.03. The van der Waals surface area contributed by atoms with Gasteiger partial charge in [-0.1, -0.05) is 54.6 Å². The smallest absolute Gasteiger partial charge is 0.328 e. The first-order valence-corrected chi connectivity index (χ1v) is 13.1. The molecule has 0 spiro atoms. The van der Waals surface area contributed by atoms with E-state index in [4.69, 9.17) is 4.74 Å². The summed E-state index contributed by atoms with van der Waals surface area (Å²) >= 11 is 0. The number of fused-ring (bicyclic) bond motifs is 1. The first kappa shape index (κ1) is 27.1. The molecule has 38 heavy (non-hydrogen) atoms. The zero-order valence-electron chi connectivity index (χ0n) is 22.3. The lowest BCUT2D eigenvalue weighted by molar-refractivity contribution is -0.148. The second kappa shape index (κ2) is 12.1. The number of esters is 1. The predicted octanol–water partition coefficient (Wildman–Crippen LogP) is 3.05. The molecule has 3 aromatic carbocycles. The summed E-state index contributed by atoms with van der Waals surface area (Å²) in [5.41, 5.74) is 1.25. The average Bonchev–Trinajstić information content (AvgIpc) is 2.93. The molecule has 1 heterocycles. The Morgan fingerprint density at radius 3 is 2.26 bits per heavy atom. The number of nitrogens with one attached hydrogen (secondary N) is 3. The summed E-state index contributed by atoms with van der Waals surface area (Å²) in [6.45, 7) is 3.08. The van der Waals surface area contributed by atoms with E-state index in [1.165, 1.54) is 0 Å². The number of benzene rings is 3. The second-order valence-corrected chi connectivity index (χ2v) is 9.83. The van der Waals surface area contributed by atoms with E-state index in [1.54, 1.807) is 13.0 Å². The Kier molecular flexibility index (Phi) is 8.63. The van der Waals surface area contributed by atoms with Gasteiger partial charge in [0.15, 0.2) is 0 Å². The highest BCUT2D eigenvalue weighted by Crippen LogP contribution is 2.29. The van der Waals surface area contributed by atoms with Crippen LogP contribution < -0.4 is 20.9 Å². The molecule has 1 aliphatic rings. The molecule has 4 rings (SSSR count). The van der Waals surface area contributed by atoms with E-state index in [0.717, 1.165) is 22.0 Å². The molecule has 8 heteroatoms. The molecule has 1 aliphatic heterocycles. The highest BCUT2D eigenvalue weighted by molar-refractivity contribution is 6.11. The molecule has 3 aromatic rings. The fraction of sp³-hybridized carbons (Fsp3) is 0.367. The maximum Gasteiger partial charge on any atom is 0.328 e. The van der Waals surface area contributed by atoms with Crippen molar-refractivity contribution in [2.75, 3.05) is 38.7 Å². The Labute approximate surface area is 223 Å². The Morgan fingerprint density at radius 1 is 0.947 bits per heavy atom. The van der Waals surface area contributed by atoms with Crippen LogP contribution in [0.3, 0.4) is 0 Å². The standard InChI is InChI=1S/C30H36N4O4/c1-4-38-28(36)25(20-21-10-6-5-7-11-21)32-29(37)30(16-18-31-19-17-30)33-27(35)24-14-15-26(34(2)3)23-13-9-8-12-22(23)24/h5-15,25,31H,4,16-20H2,1-3H3,(H,32,37)(H,33,35). The summed E-state index contributed by atoms with van der Waals surface area (Å²) in [6.07, 6.45) is 1.10. The van der Waals surface area contributed by atoms with Crippen LogP contribution in [-0.2, 0) is 20.7 Å². The number of anilines is 1. The molecule has 2 amide bonds. The topological polar surface area (TPSA) is 99.8 Å². The van der Waals surface area contributed by atoms with E-state index in [2.05, 4.69) is 16.0 Å². The fourth-order valence-corrected chi connectivity index (χ4v) is 5.00. The van der Waals surface area contributed by atoms with Crippen LogP contribution in [0.1, 0.15) is 35.7 Å². The van der Waals surface area contributed by atoms with Crippen LogP contribution in [0.5, 0.6) is 0 Å². The van der Waals surface area contributed by atoms with Gasteiger partial charge in [-0.25, -0.2) is 4.79 Å². The molecule has 1 unspecified atom stereocenters. The summed E-state index contributed by atoms with van der Waals surface area (Å²) in [7, 11) is 3.93. The van der Waals surface area contributed by atoms with E-state index < -0.39 is 17.6 Å². The molecule has 1 fully saturated rings. The van der Waals surface area contributed by atoms with Crippen molar-refractivity contribution in [3.8, 4) is 0 Å². The molecule has 1 saturated heterocycles. The molecule has 0 bridgehead atoms. The minimum Gasteiger partial charge on any atom is -0.464 e. The zero-order valence-corrected chi connectivity index (χ0v) is 22.3. The van der Waals surface area contributed by atoms with Gasteiger partial charge >= 0.3 is 5.97 Å². The van der Waals surface area contributed by atoms with Crippen molar-refractivity contribution in [1.29, 1.82) is 0 Å². The van der Waals surface area contributed by atoms with E-state index >= 15 is 0 Å². The fourth-order valence-electron chi connectivity index (χ4n) is 5.00. The lowest BCUT2D eigenvalue weighted by Gasteiger charge is -2.38. The minimum absolute atomic E-state index is 0.210. The summed E-state index contributed by atoms with van der Waals surface area (Å²) < 4.78 is 5.27. The Bertz CT molecular complexity index is 1290. The maximum atomic E-state index is 13.8. The Morgan fingerprint density at radius 2 is 1.61 bits per heavy atom. The second-order valence-electron chi connectivity index (χ2n) is 9.83. The lowest BCUT2D eigenvalue weighted by Crippen LogP contribution is -2.64. The number of ether oxygens (including phenoxy) is 1. The predicted molar refractivity (Wildman–Crippen MR) is 149 cm³/mol. The molecule has 0 aromatic heterocycles. The Balaban J connectivity index is 1.62. The largest absolute Gasteiger partial charge is 0.464 e. The third kappa shape index (κ3) is 5.97. The van der Waals surface area contributed by atoms with Gasteiger partial charge in [-0.05, 0) is 55.9 Å². The van der Waals surface area contributed by atoms with E-state index in [0.29, 0.717) is 37.9 Å². The van der Waals surface area contributed by atoms with Crippen molar-refractivity contribution in [3.05, 3.63) is 77.9 Å². The van der Waals surface area contributed by atoms with Gasteiger partial charge < -0.3 is 25.6 Å². The number of nitrogens with zero attached hydrogens (tertiary/aromatic N) is 1. The molecular formula is C30H36N4O4. The maximum absolute atomic E-state index is 13.8. The van der Waals surface area contributed by atoms with Crippen molar-refractivity contribution in [3.63, 3.8) is 0 Å². The van der Waals surface area contributed by atoms with Crippen LogP contribution in [-0.4, -0.2) is 63.2 Å². The minimum atomic E-state index is -1.16. The summed E-state index contributed by atoms with van der Waals surface area (Å²) in [5.74, 6) is -1.19. The molecule has 200 valence electrons. The summed E-state index contributed by atoms with van der Waals surface area (Å²) in [6, 6.07) is 20.1. The zero-order chi connectivity index (χ0) is 27.1. The van der Waals surface area contributed by atoms with Gasteiger partial charge in [0.2, 0.25) is 5.91 Å². The Hall–Kier alpha value is -3.91. The number of carbonyl (C=O) groups is 3. The number of rotatable bonds is 9. The number of hydrogen-bond donors (Lipinski definition) is 3. The molecule has 3 N–H and O–H groups in total. The van der Waals surface area contributed by atoms with Gasteiger partial charge in [0.25, 0.3) is 5.91 Å². The summed E-state index contributed by atoms with van der Waals surface area (Å²) in [4.78, 5) is 42.4. The monoisotopic (exact) mass is 516 g/mol. The van der Waals surface area contributed by atoms with Gasteiger partial charge in [-0.15, -0.1) is 0 Å². The van der Waals surface area contributed by atoms with Crippen LogP contribution in [0.15, 0.2) is 66.7 Å². The van der Waals surface area contributed by atoms with E-state index in [-0.39, 0.29) is 18.4 Å². The van der Waals surface area contributed by atoms with Crippen molar-refractivity contribution in [2.45, 2.75) is 37.8 Å². The highest BCUT2D eigenvalue weighted by Gasteiger charge is 2.43. The highest BCUT2D eigenvalue weighted by atomic mass is 16.5. The van der Waals surface area contributed by atoms with Crippen molar-refractivity contribution >= 4 is 34.2 Å². The van der Waals surface area contributed by atoms with Crippen LogP contribution in [0.25, 0.3) is 10.8 Å². The molecule has 1 atom stereocenters. The molecule has 0 radical (unpaired) electrons. The summed E-state index contributed by atoms with van der Waals surface area (Å²) in [5, 5.41) is 11.0. The molecule has 0 aliphatic carbocycles. The van der Waals surface area contributed by atoms with Crippen LogP contribution in [0.4, 0.5) is 5.69 Å². The first-order chi connectivity index (χ1) is 18.3. The first-order valence-electron chi connectivity index (χ1n) is 13.1. The number of carbonyl (C=O) groups excluding carboxylic acids is 3. The van der Waals surface area contributed by atoms with Gasteiger partial charge in [0.1, 0.15) is 11.6 Å². The van der Waals surface area contributed by atoms with Crippen molar-refractivity contribution in [1.82, 2.24) is 16.0 Å². The number of amides is 2. The van der Waals surface area contributed by atoms with E-state index in [9.17, 15) is 14.4 Å². The molecular weight excluding hydrogens is 480 g/mol. The quantitative estimate of drug-likeness (QED) is 0.378. The van der Waals surface area contributed by atoms with Crippen LogP contribution in [0.2, 0.25) is 0 Å². The van der Waals surface area contributed by atoms with Gasteiger partial charge in [0.05, 0.1) is 6.61 Å². The third-order valence-electron chi connectivity index (χ3n) is 7.03. The van der Waals surface area contributed by atoms with Crippen LogP contribution >= 0.6 is 0 Å². The van der Waals surface area contributed by atoms with Gasteiger partial charge in [-0.2, -0.15) is 0 Å². The SMILES string of the molecule is CCOC(=O)C(Cc1ccccc1)NC(=O)C1(NC(=O)c2ccc(N(C)C)c3ccccc23)CCNCC1. The number of piperidine rings is 1. The average molecular weight is 517 g/mol. The van der Waals surface area contributed by atoms with E-state index in [1.807, 2.05) is 79.7 Å². The van der Waals surface area contributed by atoms with Crippen molar-refractivity contribution < 1.29 is 19.1 Å². The normalized spacial score (nSPS) is 15.3. The van der Waals surface area contributed by atoms with Crippen LogP contribution in [0, 0.1) is 0 Å². The molecule has 8 nitrogen and oxygen atoms in total. The van der Waals surface area contributed by atoms with Gasteiger partial charge in [0, 0.05) is 37.2 Å². The van der Waals surface area contributed by atoms with Crippen molar-refractivity contribution in [2.24, 2.45) is 0 Å². The number of hydrogen-bond acceptors (Lipinski definition) is 6. The molecule has 0 saturated carbocycles. The lowest BCUT2D eigenvalue weighted by atomic mass is 9.86.